The lowest BCUT2D eigenvalue weighted by molar-refractivity contribution is -0.133. The highest BCUT2D eigenvalue weighted by molar-refractivity contribution is 7.88. The number of methoxy groups -OCH3 is 2. The third-order valence-corrected chi connectivity index (χ3v) is 7.76. The topological polar surface area (TPSA) is 105 Å². The van der Waals surface area contributed by atoms with Crippen LogP contribution in [-0.4, -0.2) is 69.7 Å². The van der Waals surface area contributed by atoms with E-state index in [9.17, 15) is 18.0 Å². The molecule has 1 N–H and O–H groups in total. The summed E-state index contributed by atoms with van der Waals surface area (Å²) in [5.74, 6) is 0.0686. The van der Waals surface area contributed by atoms with Gasteiger partial charge < -0.3 is 14.8 Å². The van der Waals surface area contributed by atoms with Crippen molar-refractivity contribution in [2.45, 2.75) is 63.5 Å². The minimum atomic E-state index is -3.68. The molecule has 33 heavy (non-hydrogen) atoms. The molecule has 1 aromatic rings. The minimum Gasteiger partial charge on any atom is -0.493 e. The molecule has 0 bridgehead atoms. The number of hydrogen-bond donors (Lipinski definition) is 1. The molecule has 0 aromatic heterocycles. The molecule has 2 fully saturated rings. The maximum absolute atomic E-state index is 13.7. The molecule has 2 amide bonds. The third kappa shape index (κ3) is 5.60. The summed E-state index contributed by atoms with van der Waals surface area (Å²) < 4.78 is 36.4. The number of hydrogen-bond acceptors (Lipinski definition) is 6. The van der Waals surface area contributed by atoms with E-state index in [1.807, 2.05) is 0 Å². The highest BCUT2D eigenvalue weighted by Crippen LogP contribution is 2.36. The van der Waals surface area contributed by atoms with E-state index in [0.29, 0.717) is 17.2 Å². The summed E-state index contributed by atoms with van der Waals surface area (Å²) in [6, 6.07) is 4.98. The number of anilines is 1. The number of nitrogens with zero attached hydrogens (tertiary/aromatic N) is 2. The summed E-state index contributed by atoms with van der Waals surface area (Å²) in [5.41, 5.74) is -0.985. The van der Waals surface area contributed by atoms with Crippen LogP contribution in [0.5, 0.6) is 11.5 Å². The molecule has 1 aromatic carbocycles. The Kier molecular flexibility index (Phi) is 7.89. The zero-order valence-corrected chi connectivity index (χ0v) is 20.7. The Morgan fingerprint density at radius 1 is 1.06 bits per heavy atom. The van der Waals surface area contributed by atoms with Crippen molar-refractivity contribution in [3.63, 3.8) is 0 Å². The number of benzene rings is 1. The molecule has 3 rings (SSSR count). The van der Waals surface area contributed by atoms with E-state index >= 15 is 0 Å². The fourth-order valence-corrected chi connectivity index (χ4v) is 5.54. The first-order valence-corrected chi connectivity index (χ1v) is 13.3. The maximum atomic E-state index is 13.7. The van der Waals surface area contributed by atoms with E-state index in [1.54, 1.807) is 25.1 Å². The van der Waals surface area contributed by atoms with Gasteiger partial charge in [-0.25, -0.2) is 8.42 Å². The average molecular weight is 482 g/mol. The van der Waals surface area contributed by atoms with E-state index in [-0.39, 0.29) is 25.0 Å². The molecule has 9 nitrogen and oxygen atoms in total. The van der Waals surface area contributed by atoms with Gasteiger partial charge in [0.25, 0.3) is 0 Å². The Bertz CT molecular complexity index is 974. The first-order valence-electron chi connectivity index (χ1n) is 11.4. The summed E-state index contributed by atoms with van der Waals surface area (Å²) in [5, 5.41) is 3.13. The van der Waals surface area contributed by atoms with Crippen molar-refractivity contribution in [3.05, 3.63) is 18.2 Å². The van der Waals surface area contributed by atoms with Gasteiger partial charge in [-0.15, -0.1) is 0 Å². The van der Waals surface area contributed by atoms with Crippen LogP contribution in [0.15, 0.2) is 18.2 Å². The molecule has 0 spiro atoms. The van der Waals surface area contributed by atoms with Gasteiger partial charge in [0, 0.05) is 24.3 Å². The largest absolute Gasteiger partial charge is 0.493 e. The third-order valence-electron chi connectivity index (χ3n) is 6.56. The van der Waals surface area contributed by atoms with Crippen LogP contribution in [-0.2, 0) is 19.6 Å². The Morgan fingerprint density at radius 2 is 1.67 bits per heavy atom. The van der Waals surface area contributed by atoms with Crippen LogP contribution >= 0.6 is 0 Å². The highest BCUT2D eigenvalue weighted by atomic mass is 32.2. The van der Waals surface area contributed by atoms with E-state index in [1.165, 1.54) is 25.5 Å². The smallest absolute Gasteiger partial charge is 0.247 e. The molecule has 184 valence electrons. The SMILES string of the molecule is COc1ccc(N2C(=O)CN(S(C)(=O)=O)C[C@]2(C)C(=O)NC2CCCCCCC2)cc1OC. The minimum absolute atomic E-state index is 0.00518. The van der Waals surface area contributed by atoms with Gasteiger partial charge in [0.1, 0.15) is 5.54 Å². The van der Waals surface area contributed by atoms with Crippen LogP contribution in [0.2, 0.25) is 0 Å². The number of ether oxygens (including phenoxy) is 2. The molecule has 2 aliphatic rings. The van der Waals surface area contributed by atoms with Crippen molar-refractivity contribution in [2.24, 2.45) is 0 Å². The van der Waals surface area contributed by atoms with Crippen molar-refractivity contribution in [2.75, 3.05) is 38.5 Å². The summed E-state index contributed by atoms with van der Waals surface area (Å²) in [6.07, 6.45) is 8.38. The maximum Gasteiger partial charge on any atom is 0.247 e. The van der Waals surface area contributed by atoms with Gasteiger partial charge in [-0.3, -0.25) is 14.5 Å². The second-order valence-corrected chi connectivity index (χ2v) is 11.1. The fraction of sp³-hybridized carbons (Fsp3) is 0.652. The second kappa shape index (κ2) is 10.3. The van der Waals surface area contributed by atoms with Crippen LogP contribution in [0.25, 0.3) is 0 Å². The lowest BCUT2D eigenvalue weighted by Crippen LogP contribution is -2.70. The number of amides is 2. The number of piperazine rings is 1. The molecule has 1 aliphatic heterocycles. The van der Waals surface area contributed by atoms with Crippen molar-refractivity contribution >= 4 is 27.5 Å². The predicted molar refractivity (Wildman–Crippen MR) is 126 cm³/mol. The molecular formula is C23H35N3O6S. The molecule has 1 atom stereocenters. The van der Waals surface area contributed by atoms with Crippen LogP contribution < -0.4 is 19.7 Å². The highest BCUT2D eigenvalue weighted by Gasteiger charge is 2.50. The molecule has 1 saturated carbocycles. The number of carbonyl (C=O) groups is 2. The molecule has 10 heteroatoms. The lowest BCUT2D eigenvalue weighted by atomic mass is 9.92. The molecular weight excluding hydrogens is 446 g/mol. The predicted octanol–water partition coefficient (Wildman–Crippen LogP) is 2.30. The monoisotopic (exact) mass is 481 g/mol. The molecule has 0 radical (unpaired) electrons. The van der Waals surface area contributed by atoms with E-state index < -0.39 is 21.5 Å². The lowest BCUT2D eigenvalue weighted by Gasteiger charge is -2.47. The number of carbonyl (C=O) groups excluding carboxylic acids is 2. The fourth-order valence-electron chi connectivity index (χ4n) is 4.71. The summed E-state index contributed by atoms with van der Waals surface area (Å²) in [7, 11) is -0.669. The quantitative estimate of drug-likeness (QED) is 0.669. The summed E-state index contributed by atoms with van der Waals surface area (Å²) in [4.78, 5) is 28.4. The summed E-state index contributed by atoms with van der Waals surface area (Å²) in [6.45, 7) is 1.15. The van der Waals surface area contributed by atoms with Crippen molar-refractivity contribution < 1.29 is 27.5 Å². The van der Waals surface area contributed by atoms with Crippen LogP contribution in [0, 0.1) is 0 Å². The van der Waals surface area contributed by atoms with Gasteiger partial charge in [0.05, 0.1) is 27.0 Å². The van der Waals surface area contributed by atoms with Crippen molar-refractivity contribution in [3.8, 4) is 11.5 Å². The van der Waals surface area contributed by atoms with Gasteiger partial charge in [0.15, 0.2) is 11.5 Å². The summed E-state index contributed by atoms with van der Waals surface area (Å²) >= 11 is 0. The zero-order valence-electron chi connectivity index (χ0n) is 19.9. The Morgan fingerprint density at radius 3 is 2.24 bits per heavy atom. The van der Waals surface area contributed by atoms with E-state index in [4.69, 9.17) is 9.47 Å². The average Bonchev–Trinajstić information content (AvgIpc) is 2.74. The number of nitrogens with one attached hydrogen (secondary N) is 1. The Balaban J connectivity index is 1.98. The first kappa shape index (κ1) is 25.3. The van der Waals surface area contributed by atoms with Crippen LogP contribution in [0.3, 0.4) is 0 Å². The van der Waals surface area contributed by atoms with Crippen molar-refractivity contribution in [1.82, 2.24) is 9.62 Å². The first-order chi connectivity index (χ1) is 15.6. The van der Waals surface area contributed by atoms with Gasteiger partial charge in [0.2, 0.25) is 21.8 Å². The molecule has 1 saturated heterocycles. The van der Waals surface area contributed by atoms with Gasteiger partial charge >= 0.3 is 0 Å². The van der Waals surface area contributed by atoms with Crippen molar-refractivity contribution in [1.29, 1.82) is 0 Å². The van der Waals surface area contributed by atoms with Crippen LogP contribution in [0.1, 0.15) is 51.9 Å². The number of sulfonamides is 1. The van der Waals surface area contributed by atoms with E-state index in [0.717, 1.165) is 49.1 Å². The molecule has 1 aliphatic carbocycles. The van der Waals surface area contributed by atoms with E-state index in [2.05, 4.69) is 5.32 Å². The number of rotatable bonds is 6. The van der Waals surface area contributed by atoms with Crippen LogP contribution in [0.4, 0.5) is 5.69 Å². The van der Waals surface area contributed by atoms with Gasteiger partial charge in [-0.05, 0) is 31.9 Å². The zero-order chi connectivity index (χ0) is 24.2. The Hall–Kier alpha value is -2.33. The molecule has 1 heterocycles. The van der Waals surface area contributed by atoms with Gasteiger partial charge in [-0.2, -0.15) is 4.31 Å². The Labute approximate surface area is 196 Å². The normalized spacial score (nSPS) is 23.5. The molecule has 0 unspecified atom stereocenters. The second-order valence-electron chi connectivity index (χ2n) is 9.09. The van der Waals surface area contributed by atoms with Gasteiger partial charge in [-0.1, -0.05) is 32.1 Å². The standard InChI is InChI=1S/C23H35N3O6S/c1-23(22(28)24-17-10-8-6-5-7-9-11-17)16-25(33(4,29)30)15-21(27)26(23)18-12-13-19(31-2)20(14-18)32-3/h12-14,17H,5-11,15-16H2,1-4H3,(H,24,28)/t23-/m1/s1.